The Labute approximate surface area is 169 Å². The summed E-state index contributed by atoms with van der Waals surface area (Å²) in [6, 6.07) is 8.40. The van der Waals surface area contributed by atoms with Gasteiger partial charge in [0.25, 0.3) is 5.91 Å². The number of hydrogen-bond acceptors (Lipinski definition) is 8. The highest BCUT2D eigenvalue weighted by molar-refractivity contribution is 8.00. The fraction of sp³-hybridized carbons (Fsp3) is 0.211. The number of benzene rings is 1. The molecule has 28 heavy (non-hydrogen) atoms. The van der Waals surface area contributed by atoms with Crippen molar-refractivity contribution < 1.29 is 14.3 Å². The molecule has 0 fully saturated rings. The molecule has 0 saturated carbocycles. The molecule has 0 bridgehead atoms. The Bertz CT molecular complexity index is 1070. The lowest BCUT2D eigenvalue weighted by molar-refractivity contribution is -0.144. The maximum atomic E-state index is 12.0. The lowest BCUT2D eigenvalue weighted by Crippen LogP contribution is -2.21. The Morgan fingerprint density at radius 3 is 2.71 bits per heavy atom. The molecule has 9 heteroatoms. The SMILES string of the molecule is Cc1sc2ncnc(SCC(=O)OCC(=O)Nc3ccc(C#N)cc3)c2c1C. The first kappa shape index (κ1) is 19.8. The second-order valence-corrected chi connectivity index (χ2v) is 8.00. The Morgan fingerprint density at radius 2 is 2.00 bits per heavy atom. The van der Waals surface area contributed by atoms with Crippen LogP contribution in [0.25, 0.3) is 10.2 Å². The summed E-state index contributed by atoms with van der Waals surface area (Å²) in [5.41, 5.74) is 2.13. The van der Waals surface area contributed by atoms with Gasteiger partial charge < -0.3 is 10.1 Å². The minimum Gasteiger partial charge on any atom is -0.455 e. The van der Waals surface area contributed by atoms with Crippen LogP contribution in [0.3, 0.4) is 0 Å². The molecule has 0 spiro atoms. The van der Waals surface area contributed by atoms with Gasteiger partial charge in [-0.25, -0.2) is 9.97 Å². The van der Waals surface area contributed by atoms with E-state index in [1.54, 1.807) is 35.6 Å². The van der Waals surface area contributed by atoms with E-state index >= 15 is 0 Å². The summed E-state index contributed by atoms with van der Waals surface area (Å²) in [7, 11) is 0. The normalized spacial score (nSPS) is 10.5. The molecular formula is C19H16N4O3S2. The van der Waals surface area contributed by atoms with Crippen molar-refractivity contribution >= 4 is 50.9 Å². The Balaban J connectivity index is 1.51. The number of thiophene rings is 1. The first-order valence-electron chi connectivity index (χ1n) is 8.27. The van der Waals surface area contributed by atoms with Gasteiger partial charge in [0.15, 0.2) is 6.61 Å². The number of esters is 1. The van der Waals surface area contributed by atoms with Gasteiger partial charge in [0.05, 0.1) is 17.4 Å². The number of carbonyl (C=O) groups excluding carboxylic acids is 2. The lowest BCUT2D eigenvalue weighted by Gasteiger charge is -2.07. The van der Waals surface area contributed by atoms with Crippen molar-refractivity contribution in [3.63, 3.8) is 0 Å². The number of nitrogens with zero attached hydrogens (tertiary/aromatic N) is 3. The lowest BCUT2D eigenvalue weighted by atomic mass is 10.2. The molecule has 0 atom stereocenters. The molecular weight excluding hydrogens is 396 g/mol. The molecule has 3 rings (SSSR count). The minimum atomic E-state index is -0.503. The molecule has 7 nitrogen and oxygen atoms in total. The second kappa shape index (κ2) is 8.82. The van der Waals surface area contributed by atoms with Gasteiger partial charge in [0.2, 0.25) is 0 Å². The van der Waals surface area contributed by atoms with Crippen LogP contribution >= 0.6 is 23.1 Å². The number of amides is 1. The van der Waals surface area contributed by atoms with E-state index in [2.05, 4.69) is 15.3 Å². The average Bonchev–Trinajstić information content (AvgIpc) is 2.99. The Morgan fingerprint density at radius 1 is 1.25 bits per heavy atom. The second-order valence-electron chi connectivity index (χ2n) is 5.83. The summed E-state index contributed by atoms with van der Waals surface area (Å²) >= 11 is 2.86. The molecule has 0 aliphatic carbocycles. The van der Waals surface area contributed by atoms with E-state index < -0.39 is 11.9 Å². The van der Waals surface area contributed by atoms with E-state index in [0.717, 1.165) is 20.8 Å². The number of nitriles is 1. The van der Waals surface area contributed by atoms with Crippen LogP contribution in [0.2, 0.25) is 0 Å². The number of ether oxygens (including phenoxy) is 1. The quantitative estimate of drug-likeness (QED) is 0.375. The van der Waals surface area contributed by atoms with Gasteiger partial charge in [-0.15, -0.1) is 11.3 Å². The van der Waals surface area contributed by atoms with Crippen LogP contribution in [0.15, 0.2) is 35.6 Å². The molecule has 142 valence electrons. The third kappa shape index (κ3) is 4.65. The number of carbonyl (C=O) groups is 2. The van der Waals surface area contributed by atoms with Crippen molar-refractivity contribution in [2.45, 2.75) is 18.9 Å². The first-order chi connectivity index (χ1) is 13.5. The number of hydrogen-bond donors (Lipinski definition) is 1. The van der Waals surface area contributed by atoms with Gasteiger partial charge in [-0.05, 0) is 43.7 Å². The topological polar surface area (TPSA) is 105 Å². The van der Waals surface area contributed by atoms with E-state index in [9.17, 15) is 9.59 Å². The summed E-state index contributed by atoms with van der Waals surface area (Å²) in [6.07, 6.45) is 1.48. The molecule has 1 aromatic carbocycles. The van der Waals surface area contributed by atoms with Crippen molar-refractivity contribution in [3.05, 3.63) is 46.6 Å². The fourth-order valence-corrected chi connectivity index (χ4v) is 4.31. The van der Waals surface area contributed by atoms with E-state index in [4.69, 9.17) is 10.00 Å². The molecule has 0 aliphatic heterocycles. The number of anilines is 1. The average molecular weight is 412 g/mol. The van der Waals surface area contributed by atoms with Crippen molar-refractivity contribution in [3.8, 4) is 6.07 Å². The van der Waals surface area contributed by atoms with Crippen LogP contribution in [0.5, 0.6) is 0 Å². The smallest absolute Gasteiger partial charge is 0.316 e. The van der Waals surface area contributed by atoms with Crippen molar-refractivity contribution in [1.29, 1.82) is 5.26 Å². The summed E-state index contributed by atoms with van der Waals surface area (Å²) < 4.78 is 5.03. The number of thioether (sulfide) groups is 1. The van der Waals surface area contributed by atoms with Gasteiger partial charge in [-0.2, -0.15) is 5.26 Å². The summed E-state index contributed by atoms with van der Waals surface area (Å²) in [6.45, 7) is 3.65. The van der Waals surface area contributed by atoms with Crippen LogP contribution < -0.4 is 5.32 Å². The number of nitrogens with one attached hydrogen (secondary N) is 1. The van der Waals surface area contributed by atoms with Crippen molar-refractivity contribution in [2.75, 3.05) is 17.7 Å². The maximum absolute atomic E-state index is 12.0. The zero-order valence-corrected chi connectivity index (χ0v) is 16.8. The van der Waals surface area contributed by atoms with Crippen molar-refractivity contribution in [2.24, 2.45) is 0 Å². The van der Waals surface area contributed by atoms with E-state index in [0.29, 0.717) is 11.3 Å². The summed E-state index contributed by atoms with van der Waals surface area (Å²) in [4.78, 5) is 34.5. The third-order valence-electron chi connectivity index (χ3n) is 3.92. The number of aryl methyl sites for hydroxylation is 2. The Kier molecular flexibility index (Phi) is 6.23. The van der Waals surface area contributed by atoms with Gasteiger partial charge in [-0.1, -0.05) is 11.8 Å². The molecule has 0 aliphatic rings. The predicted molar refractivity (Wildman–Crippen MR) is 108 cm³/mol. The van der Waals surface area contributed by atoms with E-state index in [1.165, 1.54) is 23.0 Å². The molecule has 1 N–H and O–H groups in total. The fourth-order valence-electron chi connectivity index (χ4n) is 2.40. The number of rotatable bonds is 6. The van der Waals surface area contributed by atoms with Gasteiger partial charge >= 0.3 is 5.97 Å². The minimum absolute atomic E-state index is 0.0462. The molecule has 0 saturated heterocycles. The highest BCUT2D eigenvalue weighted by Crippen LogP contribution is 2.34. The molecule has 0 radical (unpaired) electrons. The van der Waals surface area contributed by atoms with E-state index in [1.807, 2.05) is 19.9 Å². The molecule has 3 aromatic rings. The van der Waals surface area contributed by atoms with Crippen LogP contribution in [-0.4, -0.2) is 34.2 Å². The van der Waals surface area contributed by atoms with Gasteiger partial charge in [-0.3, -0.25) is 9.59 Å². The van der Waals surface area contributed by atoms with E-state index in [-0.39, 0.29) is 12.4 Å². The van der Waals surface area contributed by atoms with Crippen LogP contribution in [0, 0.1) is 25.2 Å². The van der Waals surface area contributed by atoms with Gasteiger partial charge in [0, 0.05) is 16.0 Å². The first-order valence-corrected chi connectivity index (χ1v) is 10.1. The zero-order chi connectivity index (χ0) is 20.1. The van der Waals surface area contributed by atoms with Crippen molar-refractivity contribution in [1.82, 2.24) is 9.97 Å². The summed E-state index contributed by atoms with van der Waals surface area (Å²) in [5, 5.41) is 13.1. The highest BCUT2D eigenvalue weighted by atomic mass is 32.2. The molecule has 2 aromatic heterocycles. The Hall–Kier alpha value is -2.96. The molecule has 1 amide bonds. The molecule has 0 unspecified atom stereocenters. The monoisotopic (exact) mass is 412 g/mol. The predicted octanol–water partition coefficient (Wildman–Crippen LogP) is 3.45. The number of aromatic nitrogens is 2. The number of fused-ring (bicyclic) bond motifs is 1. The standard InChI is InChI=1S/C19H16N4O3S2/c1-11-12(2)28-19-17(11)18(21-10-22-19)27-9-16(25)26-8-15(24)23-14-5-3-13(7-20)4-6-14/h3-6,10H,8-9H2,1-2H3,(H,23,24). The van der Waals surface area contributed by atoms with Crippen LogP contribution in [0.1, 0.15) is 16.0 Å². The summed E-state index contributed by atoms with van der Waals surface area (Å²) in [5.74, 6) is -0.905. The van der Waals surface area contributed by atoms with Crippen LogP contribution in [0.4, 0.5) is 5.69 Å². The largest absolute Gasteiger partial charge is 0.455 e. The van der Waals surface area contributed by atoms with Crippen LogP contribution in [-0.2, 0) is 14.3 Å². The highest BCUT2D eigenvalue weighted by Gasteiger charge is 2.15. The zero-order valence-electron chi connectivity index (χ0n) is 15.2. The third-order valence-corrected chi connectivity index (χ3v) is 6.00. The molecule has 2 heterocycles. The maximum Gasteiger partial charge on any atom is 0.316 e. The van der Waals surface area contributed by atoms with Gasteiger partial charge in [0.1, 0.15) is 16.2 Å².